The van der Waals surface area contributed by atoms with Crippen LogP contribution in [0.1, 0.15) is 33.9 Å². The number of hydrogen-bond acceptors (Lipinski definition) is 3. The number of benzene rings is 2. The zero-order valence-electron chi connectivity index (χ0n) is 17.0. The maximum atomic E-state index is 12.9. The fourth-order valence-corrected chi connectivity index (χ4v) is 3.75. The molecule has 1 saturated heterocycles. The fourth-order valence-electron chi connectivity index (χ4n) is 3.75. The van der Waals surface area contributed by atoms with Crippen molar-refractivity contribution in [1.29, 1.82) is 0 Å². The number of likely N-dealkylation sites (N-methyl/N-ethyl adjacent to an activating group) is 1. The number of hydrogen-bond donors (Lipinski definition) is 0. The van der Waals surface area contributed by atoms with Crippen LogP contribution in [0, 0.1) is 6.92 Å². The van der Waals surface area contributed by atoms with Gasteiger partial charge in [-0.25, -0.2) is 0 Å². The second kappa shape index (κ2) is 9.02. The highest BCUT2D eigenvalue weighted by Crippen LogP contribution is 2.24. The van der Waals surface area contributed by atoms with Crippen molar-refractivity contribution in [2.45, 2.75) is 19.4 Å². The molecular formula is C23H29N3O2. The molecule has 28 heavy (non-hydrogen) atoms. The van der Waals surface area contributed by atoms with Gasteiger partial charge in [0.15, 0.2) is 0 Å². The Hall–Kier alpha value is -2.66. The van der Waals surface area contributed by atoms with Gasteiger partial charge in [0.1, 0.15) is 6.04 Å². The van der Waals surface area contributed by atoms with E-state index >= 15 is 0 Å². The van der Waals surface area contributed by atoms with Crippen molar-refractivity contribution in [3.63, 3.8) is 0 Å². The molecule has 0 saturated carbocycles. The molecule has 0 aliphatic carbocycles. The van der Waals surface area contributed by atoms with E-state index in [1.807, 2.05) is 66.4 Å². The topological polar surface area (TPSA) is 43.9 Å². The van der Waals surface area contributed by atoms with Gasteiger partial charge in [-0.15, -0.1) is 0 Å². The fraction of sp³-hybridized carbons (Fsp3) is 0.391. The quantitative estimate of drug-likeness (QED) is 0.820. The highest BCUT2D eigenvalue weighted by atomic mass is 16.2. The van der Waals surface area contributed by atoms with E-state index in [1.165, 1.54) is 0 Å². The van der Waals surface area contributed by atoms with Crippen LogP contribution in [0.2, 0.25) is 0 Å². The predicted octanol–water partition coefficient (Wildman–Crippen LogP) is 2.97. The lowest BCUT2D eigenvalue weighted by atomic mass is 10.0. The van der Waals surface area contributed by atoms with Crippen LogP contribution >= 0.6 is 0 Å². The molecule has 148 valence electrons. The van der Waals surface area contributed by atoms with E-state index in [9.17, 15) is 9.59 Å². The average Bonchev–Trinajstić information content (AvgIpc) is 2.94. The minimum Gasteiger partial charge on any atom is -0.347 e. The van der Waals surface area contributed by atoms with E-state index in [2.05, 4.69) is 4.90 Å². The largest absolute Gasteiger partial charge is 0.347 e. The first-order valence-corrected chi connectivity index (χ1v) is 9.83. The minimum absolute atomic E-state index is 0.0701. The molecule has 1 heterocycles. The minimum atomic E-state index is -0.315. The first kappa shape index (κ1) is 20.1. The van der Waals surface area contributed by atoms with E-state index in [1.54, 1.807) is 19.0 Å². The number of rotatable bonds is 4. The summed E-state index contributed by atoms with van der Waals surface area (Å²) in [6.07, 6.45) is 0.849. The highest BCUT2D eigenvalue weighted by Gasteiger charge is 2.31. The van der Waals surface area contributed by atoms with Crippen LogP contribution in [0.15, 0.2) is 54.6 Å². The molecule has 0 radical (unpaired) electrons. The summed E-state index contributed by atoms with van der Waals surface area (Å²) in [6, 6.07) is 17.3. The Morgan fingerprint density at radius 3 is 2.36 bits per heavy atom. The molecule has 1 aliphatic rings. The van der Waals surface area contributed by atoms with E-state index in [-0.39, 0.29) is 17.9 Å². The van der Waals surface area contributed by atoms with Crippen molar-refractivity contribution >= 4 is 11.8 Å². The van der Waals surface area contributed by atoms with Gasteiger partial charge in [0.25, 0.3) is 5.91 Å². The smallest absolute Gasteiger partial charge is 0.253 e. The molecule has 0 N–H and O–H groups in total. The molecule has 0 spiro atoms. The lowest BCUT2D eigenvalue weighted by Crippen LogP contribution is -2.42. The molecule has 5 nitrogen and oxygen atoms in total. The van der Waals surface area contributed by atoms with Gasteiger partial charge >= 0.3 is 0 Å². The van der Waals surface area contributed by atoms with Crippen LogP contribution in [-0.2, 0) is 4.79 Å². The summed E-state index contributed by atoms with van der Waals surface area (Å²) in [5, 5.41) is 0. The number of carbonyl (C=O) groups excluding carboxylic acids is 2. The molecule has 5 heteroatoms. The third-order valence-electron chi connectivity index (χ3n) is 5.24. The van der Waals surface area contributed by atoms with Crippen molar-refractivity contribution in [1.82, 2.24) is 14.7 Å². The molecule has 1 fully saturated rings. The van der Waals surface area contributed by atoms with Crippen LogP contribution in [0.3, 0.4) is 0 Å². The normalized spacial score (nSPS) is 16.3. The maximum Gasteiger partial charge on any atom is 0.253 e. The lowest BCUT2D eigenvalue weighted by molar-refractivity contribution is -0.134. The Kier molecular flexibility index (Phi) is 6.47. The number of aryl methyl sites for hydroxylation is 1. The third-order valence-corrected chi connectivity index (χ3v) is 5.24. The van der Waals surface area contributed by atoms with Gasteiger partial charge in [-0.2, -0.15) is 0 Å². The van der Waals surface area contributed by atoms with Gasteiger partial charge in [0.2, 0.25) is 5.91 Å². The Balaban J connectivity index is 1.77. The second-order valence-electron chi connectivity index (χ2n) is 7.60. The zero-order valence-corrected chi connectivity index (χ0v) is 17.0. The molecule has 1 unspecified atom stereocenters. The SMILES string of the molecule is Cc1cccc(C(=O)N2CCCN(C(C(=O)N(C)C)c3ccccc3)CC2)c1. The van der Waals surface area contributed by atoms with E-state index in [0.29, 0.717) is 19.6 Å². The standard InChI is InChI=1S/C23H29N3O2/c1-18-9-7-12-20(17-18)22(27)26-14-8-13-25(15-16-26)21(23(28)24(2)3)19-10-5-4-6-11-19/h4-7,9-12,17,21H,8,13-16H2,1-3H3. The predicted molar refractivity (Wildman–Crippen MR) is 111 cm³/mol. The van der Waals surface area contributed by atoms with Gasteiger partial charge in [-0.05, 0) is 31.0 Å². The van der Waals surface area contributed by atoms with Crippen LogP contribution in [0.5, 0.6) is 0 Å². The van der Waals surface area contributed by atoms with E-state index < -0.39 is 0 Å². The molecule has 3 rings (SSSR count). The summed E-state index contributed by atoms with van der Waals surface area (Å²) in [7, 11) is 3.59. The van der Waals surface area contributed by atoms with Crippen LogP contribution in [-0.4, -0.2) is 66.8 Å². The van der Waals surface area contributed by atoms with Gasteiger partial charge in [-0.1, -0.05) is 48.0 Å². The van der Waals surface area contributed by atoms with Crippen LogP contribution < -0.4 is 0 Å². The van der Waals surface area contributed by atoms with Crippen molar-refractivity contribution in [3.05, 3.63) is 71.3 Å². The number of amides is 2. The summed E-state index contributed by atoms with van der Waals surface area (Å²) < 4.78 is 0. The first-order valence-electron chi connectivity index (χ1n) is 9.83. The Morgan fingerprint density at radius 2 is 1.68 bits per heavy atom. The molecule has 2 aromatic rings. The summed E-state index contributed by atoms with van der Waals surface area (Å²) in [4.78, 5) is 31.6. The summed E-state index contributed by atoms with van der Waals surface area (Å²) >= 11 is 0. The Bertz CT molecular complexity index is 820. The summed E-state index contributed by atoms with van der Waals surface area (Å²) in [5.74, 6) is 0.144. The van der Waals surface area contributed by atoms with Gasteiger partial charge in [0.05, 0.1) is 0 Å². The Labute approximate surface area is 167 Å². The monoisotopic (exact) mass is 379 g/mol. The maximum absolute atomic E-state index is 12.9. The second-order valence-corrected chi connectivity index (χ2v) is 7.60. The summed E-state index contributed by atoms with van der Waals surface area (Å²) in [6.45, 7) is 4.80. The number of nitrogens with zero attached hydrogens (tertiary/aromatic N) is 3. The van der Waals surface area contributed by atoms with Crippen molar-refractivity contribution in [3.8, 4) is 0 Å². The molecule has 0 aromatic heterocycles. The van der Waals surface area contributed by atoms with Crippen LogP contribution in [0.25, 0.3) is 0 Å². The van der Waals surface area contributed by atoms with E-state index in [4.69, 9.17) is 0 Å². The number of carbonyl (C=O) groups is 2. The van der Waals surface area contributed by atoms with Crippen molar-refractivity contribution < 1.29 is 9.59 Å². The summed E-state index contributed by atoms with van der Waals surface area (Å²) in [5.41, 5.74) is 2.82. The molecule has 0 bridgehead atoms. The van der Waals surface area contributed by atoms with Gasteiger partial charge in [0, 0.05) is 45.8 Å². The lowest BCUT2D eigenvalue weighted by Gasteiger charge is -2.32. The van der Waals surface area contributed by atoms with Crippen LogP contribution in [0.4, 0.5) is 0 Å². The highest BCUT2D eigenvalue weighted by molar-refractivity contribution is 5.94. The van der Waals surface area contributed by atoms with Crippen molar-refractivity contribution in [2.24, 2.45) is 0 Å². The molecule has 1 aliphatic heterocycles. The molecule has 1 atom stereocenters. The van der Waals surface area contributed by atoms with Crippen molar-refractivity contribution in [2.75, 3.05) is 40.3 Å². The third kappa shape index (κ3) is 4.60. The Morgan fingerprint density at radius 1 is 0.929 bits per heavy atom. The first-order chi connectivity index (χ1) is 13.5. The van der Waals surface area contributed by atoms with Gasteiger partial charge in [-0.3, -0.25) is 14.5 Å². The average molecular weight is 380 g/mol. The molecule has 2 amide bonds. The molecular weight excluding hydrogens is 350 g/mol. The zero-order chi connectivity index (χ0) is 20.1. The van der Waals surface area contributed by atoms with E-state index in [0.717, 1.165) is 29.7 Å². The molecule has 2 aromatic carbocycles. The van der Waals surface area contributed by atoms with Gasteiger partial charge < -0.3 is 9.80 Å².